The lowest BCUT2D eigenvalue weighted by molar-refractivity contribution is -0.120. The summed E-state index contributed by atoms with van der Waals surface area (Å²) in [6, 6.07) is 20.8. The Morgan fingerprint density at radius 1 is 1.03 bits per heavy atom. The van der Waals surface area contributed by atoms with Crippen molar-refractivity contribution >= 4 is 44.4 Å². The van der Waals surface area contributed by atoms with Crippen LogP contribution in [-0.2, 0) is 21.2 Å². The Hall–Kier alpha value is -3.14. The van der Waals surface area contributed by atoms with Crippen LogP contribution in [0.5, 0.6) is 0 Å². The van der Waals surface area contributed by atoms with Gasteiger partial charge in [-0.3, -0.25) is 4.79 Å². The summed E-state index contributed by atoms with van der Waals surface area (Å²) in [6.07, 6.45) is 0.215. The molecule has 4 rings (SSSR count). The summed E-state index contributed by atoms with van der Waals surface area (Å²) < 4.78 is 37.7. The Morgan fingerprint density at radius 2 is 1.79 bits per heavy atom. The maximum atomic E-state index is 13.7. The van der Waals surface area contributed by atoms with Crippen LogP contribution in [0.3, 0.4) is 0 Å². The molecule has 4 aromatic rings. The minimum atomic E-state index is -4.05. The van der Waals surface area contributed by atoms with Gasteiger partial charge in [-0.1, -0.05) is 48.5 Å². The number of nitrogens with zero attached hydrogens (tertiary/aromatic N) is 3. The van der Waals surface area contributed by atoms with Gasteiger partial charge in [0.1, 0.15) is 22.0 Å². The molecule has 0 spiro atoms. The van der Waals surface area contributed by atoms with Gasteiger partial charge in [0.15, 0.2) is 0 Å². The number of aryl methyl sites for hydroxylation is 1. The lowest BCUT2D eigenvalue weighted by Gasteiger charge is -2.27. The SMILES string of the molecule is CCN(C(=O)[C@@H](Cc1ccccc1)NS(=O)(=O)c1cccc2nsnc12)c1cccc(C)c1. The molecule has 1 heterocycles. The Morgan fingerprint density at radius 3 is 2.52 bits per heavy atom. The number of benzene rings is 3. The standard InChI is InChI=1S/C24H24N4O3S2/c1-3-28(19-12-7-9-17(2)15-19)24(29)21(16-18-10-5-4-6-11-18)27-33(30,31)22-14-8-13-20-23(22)26-32-25-20/h4-15,21,27H,3,16H2,1-2H3/t21-/m1/s1. The third-order valence-corrected chi connectivity index (χ3v) is 7.36. The number of fused-ring (bicyclic) bond motifs is 1. The summed E-state index contributed by atoms with van der Waals surface area (Å²) in [4.78, 5) is 15.3. The van der Waals surface area contributed by atoms with E-state index in [-0.39, 0.29) is 17.2 Å². The van der Waals surface area contributed by atoms with Crippen molar-refractivity contribution in [3.05, 3.63) is 83.9 Å². The molecule has 7 nitrogen and oxygen atoms in total. The number of likely N-dealkylation sites (N-methyl/N-ethyl adjacent to an activating group) is 1. The van der Waals surface area contributed by atoms with E-state index in [2.05, 4.69) is 13.5 Å². The summed E-state index contributed by atoms with van der Waals surface area (Å²) in [5.74, 6) is -0.320. The average molecular weight is 481 g/mol. The van der Waals surface area contributed by atoms with Crippen molar-refractivity contribution in [3.63, 3.8) is 0 Å². The van der Waals surface area contributed by atoms with Crippen molar-refractivity contribution in [1.82, 2.24) is 13.5 Å². The fraction of sp³-hybridized carbons (Fsp3) is 0.208. The molecular weight excluding hydrogens is 456 g/mol. The van der Waals surface area contributed by atoms with Crippen molar-refractivity contribution in [3.8, 4) is 0 Å². The molecule has 0 aliphatic carbocycles. The molecule has 0 radical (unpaired) electrons. The minimum absolute atomic E-state index is 0.0122. The number of anilines is 1. The van der Waals surface area contributed by atoms with Gasteiger partial charge >= 0.3 is 0 Å². The fourth-order valence-electron chi connectivity index (χ4n) is 3.73. The third kappa shape index (κ3) is 5.11. The molecule has 9 heteroatoms. The zero-order valence-corrected chi connectivity index (χ0v) is 19.9. The fourth-order valence-corrected chi connectivity index (χ4v) is 5.68. The molecule has 0 bridgehead atoms. The average Bonchev–Trinajstić information content (AvgIpc) is 3.28. The summed E-state index contributed by atoms with van der Waals surface area (Å²) >= 11 is 0.951. The molecule has 1 N–H and O–H groups in total. The van der Waals surface area contributed by atoms with Gasteiger partial charge in [-0.25, -0.2) is 8.42 Å². The van der Waals surface area contributed by atoms with E-state index in [1.54, 1.807) is 17.0 Å². The number of hydrogen-bond donors (Lipinski definition) is 1. The summed E-state index contributed by atoms with van der Waals surface area (Å²) in [6.45, 7) is 4.23. The van der Waals surface area contributed by atoms with Gasteiger partial charge in [-0.05, 0) is 55.7 Å². The van der Waals surface area contributed by atoms with Gasteiger partial charge in [-0.15, -0.1) is 0 Å². The minimum Gasteiger partial charge on any atom is -0.311 e. The van der Waals surface area contributed by atoms with Crippen LogP contribution in [0.15, 0.2) is 77.7 Å². The van der Waals surface area contributed by atoms with Crippen molar-refractivity contribution < 1.29 is 13.2 Å². The second kappa shape index (κ2) is 9.78. The van der Waals surface area contributed by atoms with Crippen LogP contribution in [0.25, 0.3) is 11.0 Å². The van der Waals surface area contributed by atoms with Crippen molar-refractivity contribution in [2.24, 2.45) is 0 Å². The quantitative estimate of drug-likeness (QED) is 0.412. The van der Waals surface area contributed by atoms with E-state index < -0.39 is 16.1 Å². The molecule has 0 aliphatic heterocycles. The van der Waals surface area contributed by atoms with E-state index in [0.29, 0.717) is 17.6 Å². The Bertz CT molecular complexity index is 1370. The number of hydrogen-bond acceptors (Lipinski definition) is 6. The zero-order valence-electron chi connectivity index (χ0n) is 18.3. The van der Waals surface area contributed by atoms with E-state index in [9.17, 15) is 13.2 Å². The summed E-state index contributed by atoms with van der Waals surface area (Å²) in [7, 11) is -4.05. The van der Waals surface area contributed by atoms with Gasteiger partial charge in [0.2, 0.25) is 15.9 Å². The molecule has 0 saturated carbocycles. The lowest BCUT2D eigenvalue weighted by Crippen LogP contribution is -2.50. The van der Waals surface area contributed by atoms with Crippen LogP contribution in [0.4, 0.5) is 5.69 Å². The van der Waals surface area contributed by atoms with Crippen molar-refractivity contribution in [2.45, 2.75) is 31.2 Å². The Labute approximate surface area is 197 Å². The first kappa shape index (κ1) is 23.0. The molecule has 0 saturated heterocycles. The smallest absolute Gasteiger partial charge is 0.245 e. The molecule has 1 amide bonds. The van der Waals surface area contributed by atoms with Crippen LogP contribution in [0.1, 0.15) is 18.1 Å². The first-order chi connectivity index (χ1) is 15.9. The highest BCUT2D eigenvalue weighted by atomic mass is 32.2. The molecule has 0 aliphatic rings. The first-order valence-electron chi connectivity index (χ1n) is 10.5. The third-order valence-electron chi connectivity index (χ3n) is 5.31. The lowest BCUT2D eigenvalue weighted by atomic mass is 10.1. The maximum absolute atomic E-state index is 13.7. The topological polar surface area (TPSA) is 92.3 Å². The predicted octanol–water partition coefficient (Wildman–Crippen LogP) is 3.94. The Balaban J connectivity index is 1.71. The monoisotopic (exact) mass is 480 g/mol. The normalized spacial score (nSPS) is 12.5. The van der Waals surface area contributed by atoms with Gasteiger partial charge in [0, 0.05) is 12.2 Å². The van der Waals surface area contributed by atoms with Crippen LogP contribution in [-0.4, -0.2) is 35.7 Å². The van der Waals surface area contributed by atoms with E-state index in [4.69, 9.17) is 0 Å². The molecule has 33 heavy (non-hydrogen) atoms. The van der Waals surface area contributed by atoms with Gasteiger partial charge < -0.3 is 4.90 Å². The van der Waals surface area contributed by atoms with Crippen molar-refractivity contribution in [1.29, 1.82) is 0 Å². The number of amides is 1. The molecule has 3 aromatic carbocycles. The van der Waals surface area contributed by atoms with E-state index in [1.165, 1.54) is 6.07 Å². The largest absolute Gasteiger partial charge is 0.311 e. The van der Waals surface area contributed by atoms with Crippen LogP contribution in [0, 0.1) is 6.92 Å². The van der Waals surface area contributed by atoms with Crippen LogP contribution < -0.4 is 9.62 Å². The van der Waals surface area contributed by atoms with Gasteiger partial charge in [-0.2, -0.15) is 13.5 Å². The van der Waals surface area contributed by atoms with E-state index in [0.717, 1.165) is 28.5 Å². The number of carbonyl (C=O) groups excluding carboxylic acids is 1. The van der Waals surface area contributed by atoms with E-state index >= 15 is 0 Å². The highest BCUT2D eigenvalue weighted by molar-refractivity contribution is 7.89. The van der Waals surface area contributed by atoms with Crippen LogP contribution in [0.2, 0.25) is 0 Å². The molecule has 0 unspecified atom stereocenters. The molecule has 1 aromatic heterocycles. The number of aromatic nitrogens is 2. The Kier molecular flexibility index (Phi) is 6.83. The molecule has 0 fully saturated rings. The number of nitrogens with one attached hydrogen (secondary N) is 1. The van der Waals surface area contributed by atoms with Gasteiger partial charge in [0.25, 0.3) is 0 Å². The van der Waals surface area contributed by atoms with Gasteiger partial charge in [0.05, 0.1) is 11.7 Å². The molecule has 170 valence electrons. The van der Waals surface area contributed by atoms with Crippen molar-refractivity contribution in [2.75, 3.05) is 11.4 Å². The highest BCUT2D eigenvalue weighted by Gasteiger charge is 2.31. The highest BCUT2D eigenvalue weighted by Crippen LogP contribution is 2.23. The second-order valence-electron chi connectivity index (χ2n) is 7.67. The molecular formula is C24H24N4O3S2. The van der Waals surface area contributed by atoms with E-state index in [1.807, 2.05) is 68.4 Å². The number of rotatable bonds is 8. The molecule has 1 atom stereocenters. The number of carbonyl (C=O) groups is 1. The first-order valence-corrected chi connectivity index (χ1v) is 12.8. The van der Waals surface area contributed by atoms with Crippen LogP contribution >= 0.6 is 11.7 Å². The summed E-state index contributed by atoms with van der Waals surface area (Å²) in [5, 5.41) is 0. The second-order valence-corrected chi connectivity index (χ2v) is 9.88. The zero-order chi connectivity index (χ0) is 23.4. The number of sulfonamides is 1. The summed E-state index contributed by atoms with van der Waals surface area (Å²) in [5.41, 5.74) is 3.40. The maximum Gasteiger partial charge on any atom is 0.245 e. The predicted molar refractivity (Wildman–Crippen MR) is 131 cm³/mol.